The Balaban J connectivity index is 1.48. The standard InChI is InChI=1S/C44H52FN9O6S2/c1-27(55)53-62(59,60)31-16-14-28(15-17-31)32-18-19-35(45)40-34(32)26-51-42(57)39(23-30-25-49-36-11-4-3-10-33(30)36)54(2)44(58)38(12-5-6-20-46)52-41(56)37(13-7-21-47)50-24-29-9-8-22-48-43(29)61-40/h3-4,8-11,14-19,22,25,37-39,49-50H,5-7,12-13,20-21,23-24,26,46-47H2,1-2H3,(H,51,57)(H,52,56)(H,53,55)/t37-,38-,39-/m0/s1. The average molecular weight is 886 g/mol. The molecule has 0 fully saturated rings. The van der Waals surface area contributed by atoms with Crippen molar-refractivity contribution >= 4 is 56.3 Å². The number of hydrogen-bond donors (Lipinski definition) is 7. The molecule has 6 rings (SSSR count). The van der Waals surface area contributed by atoms with Gasteiger partial charge in [0.25, 0.3) is 10.0 Å². The van der Waals surface area contributed by atoms with Crippen molar-refractivity contribution in [3.05, 3.63) is 108 Å². The van der Waals surface area contributed by atoms with Gasteiger partial charge in [-0.2, -0.15) is 0 Å². The van der Waals surface area contributed by atoms with Crippen LogP contribution in [0.3, 0.4) is 0 Å². The van der Waals surface area contributed by atoms with Crippen molar-refractivity contribution in [3.63, 3.8) is 0 Å². The molecule has 5 aromatic rings. The number of hydrogen-bond acceptors (Lipinski definition) is 11. The smallest absolute Gasteiger partial charge is 0.264 e. The van der Waals surface area contributed by atoms with E-state index in [1.807, 2.05) is 35.1 Å². The van der Waals surface area contributed by atoms with Crippen LogP contribution in [0.25, 0.3) is 22.0 Å². The number of nitrogens with two attached hydrogens (primary N) is 2. The topological polar surface area (TPSA) is 234 Å². The molecule has 328 valence electrons. The first-order chi connectivity index (χ1) is 29.8. The van der Waals surface area contributed by atoms with Gasteiger partial charge in [0.2, 0.25) is 23.6 Å². The van der Waals surface area contributed by atoms with Crippen molar-refractivity contribution in [2.75, 3.05) is 20.1 Å². The number of para-hydroxylation sites is 1. The number of aromatic nitrogens is 2. The summed E-state index contributed by atoms with van der Waals surface area (Å²) in [5, 5.41) is 10.6. The molecule has 0 saturated carbocycles. The van der Waals surface area contributed by atoms with Gasteiger partial charge in [-0.05, 0) is 103 Å². The van der Waals surface area contributed by atoms with Crippen LogP contribution in [0, 0.1) is 5.82 Å². The quantitative estimate of drug-likeness (QED) is 0.0890. The van der Waals surface area contributed by atoms with E-state index in [9.17, 15) is 27.6 Å². The first-order valence-electron chi connectivity index (χ1n) is 20.4. The number of halogens is 1. The fraction of sp³-hybridized carbons (Fsp3) is 0.341. The second kappa shape index (κ2) is 20.9. The lowest BCUT2D eigenvalue weighted by Gasteiger charge is -2.32. The summed E-state index contributed by atoms with van der Waals surface area (Å²) in [7, 11) is -2.61. The second-order valence-corrected chi connectivity index (χ2v) is 17.8. The molecule has 0 saturated heterocycles. The summed E-state index contributed by atoms with van der Waals surface area (Å²) in [5.74, 6) is -2.76. The molecule has 3 aromatic carbocycles. The van der Waals surface area contributed by atoms with Crippen molar-refractivity contribution in [2.24, 2.45) is 11.5 Å². The summed E-state index contributed by atoms with van der Waals surface area (Å²) in [6.45, 7) is 1.78. The van der Waals surface area contributed by atoms with Crippen LogP contribution in [-0.4, -0.2) is 85.2 Å². The van der Waals surface area contributed by atoms with Crippen molar-refractivity contribution in [2.45, 2.75) is 91.5 Å². The van der Waals surface area contributed by atoms with E-state index in [1.54, 1.807) is 24.5 Å². The number of amides is 4. The van der Waals surface area contributed by atoms with E-state index in [0.717, 1.165) is 35.2 Å². The van der Waals surface area contributed by atoms with Crippen LogP contribution in [0.15, 0.2) is 100 Å². The summed E-state index contributed by atoms with van der Waals surface area (Å²) >= 11 is 1.05. The van der Waals surface area contributed by atoms with E-state index in [2.05, 4.69) is 25.9 Å². The van der Waals surface area contributed by atoms with E-state index in [1.165, 1.54) is 42.3 Å². The van der Waals surface area contributed by atoms with Gasteiger partial charge in [0.05, 0.1) is 15.8 Å². The number of sulfonamides is 1. The molecular formula is C44H52FN9O6S2. The van der Waals surface area contributed by atoms with Crippen LogP contribution in [0.1, 0.15) is 55.7 Å². The average Bonchev–Trinajstić information content (AvgIpc) is 3.67. The molecule has 0 unspecified atom stereocenters. The minimum Gasteiger partial charge on any atom is -0.361 e. The highest BCUT2D eigenvalue weighted by molar-refractivity contribution is 7.99. The number of benzene rings is 3. The lowest BCUT2D eigenvalue weighted by Crippen LogP contribution is -2.57. The number of carbonyl (C=O) groups excluding carboxylic acids is 4. The van der Waals surface area contributed by atoms with Crippen molar-refractivity contribution in [3.8, 4) is 11.1 Å². The largest absolute Gasteiger partial charge is 0.361 e. The molecule has 0 spiro atoms. The highest BCUT2D eigenvalue weighted by Crippen LogP contribution is 2.39. The Hall–Kier alpha value is -5.66. The van der Waals surface area contributed by atoms with Gasteiger partial charge >= 0.3 is 0 Å². The third kappa shape index (κ3) is 11.0. The number of nitrogens with one attached hydrogen (secondary N) is 5. The molecule has 0 bridgehead atoms. The first kappa shape index (κ1) is 45.9. The third-order valence-corrected chi connectivity index (χ3v) is 13.4. The van der Waals surface area contributed by atoms with Crippen LogP contribution in [0.4, 0.5) is 4.39 Å². The fourth-order valence-electron chi connectivity index (χ4n) is 7.48. The molecule has 3 heterocycles. The van der Waals surface area contributed by atoms with Gasteiger partial charge in [-0.15, -0.1) is 0 Å². The van der Waals surface area contributed by atoms with E-state index < -0.39 is 57.6 Å². The van der Waals surface area contributed by atoms with Crippen LogP contribution >= 0.6 is 11.8 Å². The van der Waals surface area contributed by atoms with E-state index in [4.69, 9.17) is 11.5 Å². The molecule has 4 amide bonds. The van der Waals surface area contributed by atoms with E-state index in [0.29, 0.717) is 66.1 Å². The third-order valence-electron chi connectivity index (χ3n) is 10.8. The Morgan fingerprint density at radius 1 is 0.919 bits per heavy atom. The highest BCUT2D eigenvalue weighted by Gasteiger charge is 2.34. The molecule has 2 aromatic heterocycles. The summed E-state index contributed by atoms with van der Waals surface area (Å²) in [6, 6.07) is 16.9. The summed E-state index contributed by atoms with van der Waals surface area (Å²) < 4.78 is 43.9. The monoisotopic (exact) mass is 885 g/mol. The number of pyridine rings is 1. The molecule has 9 N–H and O–H groups in total. The Bertz CT molecular complexity index is 2520. The van der Waals surface area contributed by atoms with E-state index >= 15 is 4.39 Å². The van der Waals surface area contributed by atoms with Crippen LogP contribution in [0.2, 0.25) is 0 Å². The maximum atomic E-state index is 16.3. The van der Waals surface area contributed by atoms with Gasteiger partial charge in [-0.3, -0.25) is 19.2 Å². The number of nitrogens with zero attached hydrogens (tertiary/aromatic N) is 2. The predicted octanol–water partition coefficient (Wildman–Crippen LogP) is 3.86. The second-order valence-electron chi connectivity index (χ2n) is 15.1. The van der Waals surface area contributed by atoms with Gasteiger partial charge in [0.15, 0.2) is 0 Å². The molecule has 62 heavy (non-hydrogen) atoms. The van der Waals surface area contributed by atoms with Crippen LogP contribution in [-0.2, 0) is 48.7 Å². The molecular weight excluding hydrogens is 834 g/mol. The first-order valence-corrected chi connectivity index (χ1v) is 22.7. The van der Waals surface area contributed by atoms with Gasteiger partial charge < -0.3 is 37.3 Å². The number of likely N-dealkylation sites (N-methyl/N-ethyl adjacent to an activating group) is 1. The minimum absolute atomic E-state index is 0.0986. The van der Waals surface area contributed by atoms with Gasteiger partial charge in [-0.25, -0.2) is 22.5 Å². The van der Waals surface area contributed by atoms with Crippen molar-refractivity contribution < 1.29 is 32.0 Å². The number of aromatic amines is 1. The molecule has 1 aliphatic heterocycles. The number of fused-ring (bicyclic) bond motifs is 3. The number of H-pyrrole nitrogens is 1. The highest BCUT2D eigenvalue weighted by atomic mass is 32.2. The van der Waals surface area contributed by atoms with Crippen LogP contribution in [0.5, 0.6) is 0 Å². The molecule has 18 heteroatoms. The minimum atomic E-state index is -4.15. The zero-order valence-electron chi connectivity index (χ0n) is 34.6. The zero-order valence-corrected chi connectivity index (χ0v) is 36.2. The maximum absolute atomic E-state index is 16.3. The Morgan fingerprint density at radius 2 is 1.66 bits per heavy atom. The molecule has 1 aliphatic rings. The van der Waals surface area contributed by atoms with Gasteiger partial charge in [0.1, 0.15) is 22.9 Å². The molecule has 0 aliphatic carbocycles. The molecule has 0 radical (unpaired) electrons. The van der Waals surface area contributed by atoms with Crippen LogP contribution < -0.4 is 32.1 Å². The molecule has 3 atom stereocenters. The van der Waals surface area contributed by atoms with E-state index in [-0.39, 0.29) is 35.7 Å². The summed E-state index contributed by atoms with van der Waals surface area (Å²) in [5.41, 5.74) is 15.4. The Kier molecular flexibility index (Phi) is 15.5. The normalized spacial score (nSPS) is 18.0. The number of unbranched alkanes of at least 4 members (excludes halogenated alkanes) is 1. The maximum Gasteiger partial charge on any atom is 0.264 e. The summed E-state index contributed by atoms with van der Waals surface area (Å²) in [6.07, 6.45) is 5.79. The number of carbonyl (C=O) groups is 4. The Morgan fingerprint density at radius 3 is 2.40 bits per heavy atom. The lowest BCUT2D eigenvalue weighted by molar-refractivity contribution is -0.142. The SMILES string of the molecule is CC(=O)NS(=O)(=O)c1ccc(-c2ccc(F)c3c2CNC(=O)[C@H](Cc2c[nH]c4ccccc24)N(C)C(=O)[C@H](CCCCN)NC(=O)[C@H](CCCN)NCc2cccnc2S3)cc1. The van der Waals surface area contributed by atoms with Gasteiger partial charge in [-0.1, -0.05) is 54.2 Å². The van der Waals surface area contributed by atoms with Crippen molar-refractivity contribution in [1.29, 1.82) is 0 Å². The van der Waals surface area contributed by atoms with Gasteiger partial charge in [0, 0.05) is 56.8 Å². The lowest BCUT2D eigenvalue weighted by atomic mass is 9.98. The summed E-state index contributed by atoms with van der Waals surface area (Å²) in [4.78, 5) is 64.3. The molecule has 15 nitrogen and oxygen atoms in total. The predicted molar refractivity (Wildman–Crippen MR) is 235 cm³/mol. The fourth-order valence-corrected chi connectivity index (χ4v) is 9.51. The zero-order chi connectivity index (χ0) is 44.4. The Labute approximate surface area is 364 Å². The number of rotatable bonds is 12. The van der Waals surface area contributed by atoms with Crippen molar-refractivity contribution in [1.82, 2.24) is 35.5 Å².